The van der Waals surface area contributed by atoms with Gasteiger partial charge in [-0.3, -0.25) is 4.99 Å². The minimum Gasteiger partial charge on any atom is -0.315 e. The van der Waals surface area contributed by atoms with Crippen LogP contribution in [0.5, 0.6) is 0 Å². The van der Waals surface area contributed by atoms with E-state index in [1.165, 1.54) is 71.4 Å². The number of benzene rings is 7. The van der Waals surface area contributed by atoms with Crippen LogP contribution in [0.1, 0.15) is 50.8 Å². The second-order valence-corrected chi connectivity index (χ2v) is 13.3. The van der Waals surface area contributed by atoms with Crippen molar-refractivity contribution in [2.24, 2.45) is 4.99 Å². The van der Waals surface area contributed by atoms with Crippen molar-refractivity contribution in [3.05, 3.63) is 192 Å². The van der Waals surface area contributed by atoms with E-state index < -0.39 is 0 Å². The molecule has 7 aromatic rings. The third kappa shape index (κ3) is 7.99. The molecule has 0 radical (unpaired) electrons. The van der Waals surface area contributed by atoms with Crippen LogP contribution in [-0.2, 0) is 0 Å². The van der Waals surface area contributed by atoms with E-state index in [-0.39, 0.29) is 6.17 Å². The third-order valence-corrected chi connectivity index (χ3v) is 9.90. The minimum atomic E-state index is -0.0509. The molecule has 7 aromatic carbocycles. The van der Waals surface area contributed by atoms with Gasteiger partial charge in [0.25, 0.3) is 0 Å². The molecule has 0 bridgehead atoms. The van der Waals surface area contributed by atoms with Gasteiger partial charge < -0.3 is 4.90 Å². The smallest absolute Gasteiger partial charge is 0.145 e. The van der Waals surface area contributed by atoms with Gasteiger partial charge in [0.2, 0.25) is 0 Å². The molecule has 2 heteroatoms. The Kier molecular flexibility index (Phi) is 12.4. The van der Waals surface area contributed by atoms with Crippen molar-refractivity contribution in [2.75, 3.05) is 4.90 Å². The number of fused-ring (bicyclic) bond motifs is 3. The molecule has 1 aliphatic heterocycles. The second kappa shape index (κ2) is 17.7. The van der Waals surface area contributed by atoms with Crippen molar-refractivity contribution in [1.82, 2.24) is 0 Å². The molecule has 2 nitrogen and oxygen atoms in total. The maximum absolute atomic E-state index is 5.08. The number of hydrogen-bond acceptors (Lipinski definition) is 2. The van der Waals surface area contributed by atoms with Crippen molar-refractivity contribution in [2.45, 2.75) is 61.1 Å². The predicted molar refractivity (Wildman–Crippen MR) is 239 cm³/mol. The van der Waals surface area contributed by atoms with Gasteiger partial charge in [-0.15, -0.1) is 0 Å². The molecule has 9 rings (SSSR count). The fourth-order valence-corrected chi connectivity index (χ4v) is 7.33. The second-order valence-electron chi connectivity index (χ2n) is 13.3. The van der Waals surface area contributed by atoms with E-state index in [0.29, 0.717) is 0 Å². The van der Waals surface area contributed by atoms with E-state index in [1.54, 1.807) is 0 Å². The maximum atomic E-state index is 5.08. The molecule has 1 atom stereocenters. The quantitative estimate of drug-likeness (QED) is 0.174. The van der Waals surface area contributed by atoms with Gasteiger partial charge in [0.15, 0.2) is 0 Å². The molecule has 270 valence electrons. The van der Waals surface area contributed by atoms with Crippen LogP contribution < -0.4 is 4.90 Å². The van der Waals surface area contributed by atoms with Crippen LogP contribution in [-0.4, -0.2) is 11.9 Å². The Morgan fingerprint density at radius 1 is 0.574 bits per heavy atom. The molecule has 0 saturated carbocycles. The highest BCUT2D eigenvalue weighted by Crippen LogP contribution is 2.37. The molecule has 1 heterocycles. The van der Waals surface area contributed by atoms with Crippen molar-refractivity contribution >= 4 is 49.4 Å². The fourth-order valence-electron chi connectivity index (χ4n) is 7.33. The number of rotatable bonds is 5. The molecule has 54 heavy (non-hydrogen) atoms. The van der Waals surface area contributed by atoms with Gasteiger partial charge in [0, 0.05) is 11.1 Å². The molecular weight excluding hydrogens is 653 g/mol. The molecule has 0 saturated heterocycles. The Hall–Kier alpha value is -5.99. The van der Waals surface area contributed by atoms with Crippen LogP contribution in [0.2, 0.25) is 0 Å². The number of hydrogen-bond donors (Lipinski definition) is 0. The highest BCUT2D eigenvalue weighted by Gasteiger charge is 2.24. The van der Waals surface area contributed by atoms with E-state index in [9.17, 15) is 0 Å². The van der Waals surface area contributed by atoms with E-state index in [0.717, 1.165) is 17.8 Å². The van der Waals surface area contributed by atoms with Crippen molar-refractivity contribution in [1.29, 1.82) is 0 Å². The fraction of sp³-hybridized carbons (Fsp3) is 0.173. The molecule has 0 N–H and O–H groups in total. The normalized spacial score (nSPS) is 14.0. The number of aliphatic imine (C=N–C) groups is 1. The summed E-state index contributed by atoms with van der Waals surface area (Å²) < 4.78 is 0. The lowest BCUT2D eigenvalue weighted by Crippen LogP contribution is -2.27. The van der Waals surface area contributed by atoms with Crippen LogP contribution in [0, 0.1) is 20.8 Å². The van der Waals surface area contributed by atoms with Gasteiger partial charge in [-0.05, 0) is 118 Å². The third-order valence-electron chi connectivity index (χ3n) is 9.90. The van der Waals surface area contributed by atoms with Gasteiger partial charge in [-0.2, -0.15) is 0 Å². The van der Waals surface area contributed by atoms with Gasteiger partial charge in [0.05, 0.1) is 11.4 Å². The first-order valence-corrected chi connectivity index (χ1v) is 19.5. The number of allylic oxidation sites excluding steroid dienone is 5. The Morgan fingerprint density at radius 2 is 1.20 bits per heavy atom. The summed E-state index contributed by atoms with van der Waals surface area (Å²) in [5, 5.41) is 7.76. The van der Waals surface area contributed by atoms with E-state index in [4.69, 9.17) is 4.99 Å². The van der Waals surface area contributed by atoms with Crippen molar-refractivity contribution in [3.63, 3.8) is 0 Å². The summed E-state index contributed by atoms with van der Waals surface area (Å²) in [6, 6.07) is 50.1. The molecule has 0 fully saturated rings. The Balaban J connectivity index is 0.000000173. The lowest BCUT2D eigenvalue weighted by atomic mass is 9.91. The SMILES string of the molecule is CC.CC.Cc1cc2ccccc2cc1-c1cccc2cccc(C)c12.Cc1ccc(N(c2cccc3ccccc23)C2C=CC(C3=CC=CC3)=N2)cc1. The van der Waals surface area contributed by atoms with Crippen LogP contribution >= 0.6 is 0 Å². The van der Waals surface area contributed by atoms with E-state index >= 15 is 0 Å². The van der Waals surface area contributed by atoms with E-state index in [2.05, 4.69) is 196 Å². The van der Waals surface area contributed by atoms with Crippen LogP contribution in [0.3, 0.4) is 0 Å². The average molecular weight is 705 g/mol. The van der Waals surface area contributed by atoms with Gasteiger partial charge in [-0.1, -0.05) is 167 Å². The summed E-state index contributed by atoms with van der Waals surface area (Å²) in [7, 11) is 0. The monoisotopic (exact) mass is 704 g/mol. The highest BCUT2D eigenvalue weighted by molar-refractivity contribution is 6.11. The zero-order chi connectivity index (χ0) is 38.0. The minimum absolute atomic E-state index is 0.0509. The maximum Gasteiger partial charge on any atom is 0.145 e. The van der Waals surface area contributed by atoms with Gasteiger partial charge in [0.1, 0.15) is 6.17 Å². The number of nitrogens with zero attached hydrogens (tertiary/aromatic N) is 2. The molecule has 1 aliphatic carbocycles. The number of anilines is 2. The molecule has 1 unspecified atom stereocenters. The lowest BCUT2D eigenvalue weighted by molar-refractivity contribution is 0.842. The first-order valence-electron chi connectivity index (χ1n) is 19.5. The van der Waals surface area contributed by atoms with Gasteiger partial charge >= 0.3 is 0 Å². The van der Waals surface area contributed by atoms with Crippen LogP contribution in [0.25, 0.3) is 43.4 Å². The first-order chi connectivity index (χ1) is 26.5. The summed E-state index contributed by atoms with van der Waals surface area (Å²) in [6.07, 6.45) is 11.7. The predicted octanol–water partition coefficient (Wildman–Crippen LogP) is 14.8. The Bertz CT molecular complexity index is 2480. The molecule has 2 aliphatic rings. The zero-order valence-corrected chi connectivity index (χ0v) is 32.8. The average Bonchev–Trinajstić information content (AvgIpc) is 3.94. The van der Waals surface area contributed by atoms with Crippen molar-refractivity contribution < 1.29 is 0 Å². The zero-order valence-electron chi connectivity index (χ0n) is 32.8. The summed E-state index contributed by atoms with van der Waals surface area (Å²) in [5.74, 6) is 0. The molecule has 0 spiro atoms. The largest absolute Gasteiger partial charge is 0.315 e. The standard InChI is InChI=1S/C26H22N2.C22H18.2C2H6/c1-19-13-15-22(16-14-19)28(25-12-6-10-20-7-4-5-11-23(20)25)26-18-17-24(27-26)21-8-2-3-9-21;1-15-7-5-10-17-11-6-12-20(22(15)17)21-14-19-9-4-3-8-18(19)13-16(21)2;2*1-2/h2-8,10-18,26H,9H2,1H3;3-14H,1-2H3;2*1-2H3. The summed E-state index contributed by atoms with van der Waals surface area (Å²) in [5.41, 5.74) is 11.3. The highest BCUT2D eigenvalue weighted by atomic mass is 15.3. The number of aryl methyl sites for hydroxylation is 3. The molecule has 0 amide bonds. The molecular formula is C52H52N2. The summed E-state index contributed by atoms with van der Waals surface area (Å²) in [4.78, 5) is 7.42. The lowest BCUT2D eigenvalue weighted by Gasteiger charge is -2.30. The molecule has 0 aromatic heterocycles. The Labute approximate surface area is 322 Å². The topological polar surface area (TPSA) is 15.6 Å². The van der Waals surface area contributed by atoms with Crippen LogP contribution in [0.15, 0.2) is 180 Å². The Morgan fingerprint density at radius 3 is 1.93 bits per heavy atom. The first kappa shape index (κ1) is 37.8. The summed E-state index contributed by atoms with van der Waals surface area (Å²) in [6.45, 7) is 14.5. The summed E-state index contributed by atoms with van der Waals surface area (Å²) >= 11 is 0. The van der Waals surface area contributed by atoms with Crippen molar-refractivity contribution in [3.8, 4) is 11.1 Å². The van der Waals surface area contributed by atoms with Crippen LogP contribution in [0.4, 0.5) is 11.4 Å². The van der Waals surface area contributed by atoms with Gasteiger partial charge in [-0.25, -0.2) is 0 Å². The van der Waals surface area contributed by atoms with E-state index in [1.807, 2.05) is 27.7 Å².